The lowest BCUT2D eigenvalue weighted by atomic mass is 10.1. The SMILES string of the molecule is c1cc(COC2CCOCC2)c(CNC2CC2)o1. The Labute approximate surface area is 108 Å². The first-order valence-electron chi connectivity index (χ1n) is 6.90. The average Bonchev–Trinajstić information content (AvgIpc) is 3.14. The van der Waals surface area contributed by atoms with Gasteiger partial charge in [-0.05, 0) is 31.7 Å². The minimum Gasteiger partial charge on any atom is -0.468 e. The van der Waals surface area contributed by atoms with Gasteiger partial charge < -0.3 is 19.2 Å². The highest BCUT2D eigenvalue weighted by atomic mass is 16.5. The van der Waals surface area contributed by atoms with Crippen molar-refractivity contribution >= 4 is 0 Å². The minimum absolute atomic E-state index is 0.345. The Morgan fingerprint density at radius 1 is 1.22 bits per heavy atom. The maximum atomic E-state index is 5.92. The van der Waals surface area contributed by atoms with Gasteiger partial charge in [-0.2, -0.15) is 0 Å². The van der Waals surface area contributed by atoms with Crippen molar-refractivity contribution in [2.45, 2.75) is 51.0 Å². The molecule has 1 N–H and O–H groups in total. The van der Waals surface area contributed by atoms with Crippen molar-refractivity contribution in [1.29, 1.82) is 0 Å². The lowest BCUT2D eigenvalue weighted by Gasteiger charge is -2.22. The van der Waals surface area contributed by atoms with Gasteiger partial charge in [0.05, 0.1) is 25.5 Å². The van der Waals surface area contributed by atoms with Gasteiger partial charge in [-0.1, -0.05) is 0 Å². The van der Waals surface area contributed by atoms with Gasteiger partial charge in [0, 0.05) is 24.8 Å². The van der Waals surface area contributed by atoms with Crippen molar-refractivity contribution in [2.75, 3.05) is 13.2 Å². The number of rotatable bonds is 6. The number of ether oxygens (including phenoxy) is 2. The topological polar surface area (TPSA) is 43.6 Å². The molecule has 0 radical (unpaired) electrons. The van der Waals surface area contributed by atoms with Crippen LogP contribution in [0.4, 0.5) is 0 Å². The zero-order valence-corrected chi connectivity index (χ0v) is 10.7. The first-order valence-corrected chi connectivity index (χ1v) is 6.90. The monoisotopic (exact) mass is 251 g/mol. The van der Waals surface area contributed by atoms with E-state index in [9.17, 15) is 0 Å². The Morgan fingerprint density at radius 3 is 2.83 bits per heavy atom. The molecule has 0 spiro atoms. The summed E-state index contributed by atoms with van der Waals surface area (Å²) in [5.41, 5.74) is 1.18. The second kappa shape index (κ2) is 5.87. The van der Waals surface area contributed by atoms with E-state index in [0.29, 0.717) is 18.8 Å². The van der Waals surface area contributed by atoms with Crippen molar-refractivity contribution in [3.8, 4) is 0 Å². The fourth-order valence-electron chi connectivity index (χ4n) is 2.23. The van der Waals surface area contributed by atoms with Crippen LogP contribution in [0.25, 0.3) is 0 Å². The smallest absolute Gasteiger partial charge is 0.123 e. The molecule has 2 fully saturated rings. The van der Waals surface area contributed by atoms with E-state index in [-0.39, 0.29) is 0 Å². The van der Waals surface area contributed by atoms with Crippen molar-refractivity contribution in [2.24, 2.45) is 0 Å². The van der Waals surface area contributed by atoms with Crippen LogP contribution in [0.1, 0.15) is 37.0 Å². The number of hydrogen-bond donors (Lipinski definition) is 1. The summed E-state index contributed by atoms with van der Waals surface area (Å²) in [6.07, 6.45) is 6.72. The van der Waals surface area contributed by atoms with Crippen LogP contribution in [0.3, 0.4) is 0 Å². The fraction of sp³-hybridized carbons (Fsp3) is 0.714. The molecule has 0 bridgehead atoms. The predicted molar refractivity (Wildman–Crippen MR) is 67.2 cm³/mol. The summed E-state index contributed by atoms with van der Waals surface area (Å²) in [6.45, 7) is 3.13. The average molecular weight is 251 g/mol. The fourth-order valence-corrected chi connectivity index (χ4v) is 2.23. The zero-order valence-electron chi connectivity index (χ0n) is 10.7. The van der Waals surface area contributed by atoms with Crippen LogP contribution in [0.5, 0.6) is 0 Å². The zero-order chi connectivity index (χ0) is 12.2. The van der Waals surface area contributed by atoms with Gasteiger partial charge in [-0.15, -0.1) is 0 Å². The van der Waals surface area contributed by atoms with E-state index in [2.05, 4.69) is 5.32 Å². The molecule has 4 heteroatoms. The first-order chi connectivity index (χ1) is 8.92. The lowest BCUT2D eigenvalue weighted by molar-refractivity contribution is -0.0394. The molecular weight excluding hydrogens is 230 g/mol. The van der Waals surface area contributed by atoms with Crippen LogP contribution >= 0.6 is 0 Å². The maximum Gasteiger partial charge on any atom is 0.123 e. The Bertz CT molecular complexity index is 367. The molecule has 100 valence electrons. The van der Waals surface area contributed by atoms with Crippen molar-refractivity contribution in [1.82, 2.24) is 5.32 Å². The van der Waals surface area contributed by atoms with E-state index < -0.39 is 0 Å². The summed E-state index contributed by atoms with van der Waals surface area (Å²) in [4.78, 5) is 0. The quantitative estimate of drug-likeness (QED) is 0.842. The molecule has 1 saturated carbocycles. The lowest BCUT2D eigenvalue weighted by Crippen LogP contribution is -2.23. The molecule has 1 aromatic heterocycles. The highest BCUT2D eigenvalue weighted by Gasteiger charge is 2.21. The summed E-state index contributed by atoms with van der Waals surface area (Å²) in [6, 6.07) is 2.72. The van der Waals surface area contributed by atoms with Gasteiger partial charge in [0.15, 0.2) is 0 Å². The van der Waals surface area contributed by atoms with Gasteiger partial charge in [-0.25, -0.2) is 0 Å². The molecule has 0 atom stereocenters. The standard InChI is InChI=1S/C14H21NO3/c1-2-12(1)15-9-14-11(3-8-17-14)10-18-13-4-6-16-7-5-13/h3,8,12-13,15H,1-2,4-7,9-10H2. The molecule has 4 nitrogen and oxygen atoms in total. The molecule has 1 aliphatic carbocycles. The van der Waals surface area contributed by atoms with E-state index in [0.717, 1.165) is 38.4 Å². The number of nitrogens with one attached hydrogen (secondary N) is 1. The normalized spacial score (nSPS) is 21.3. The first kappa shape index (κ1) is 12.2. The van der Waals surface area contributed by atoms with Crippen LogP contribution in [0, 0.1) is 0 Å². The van der Waals surface area contributed by atoms with Crippen LogP contribution in [-0.4, -0.2) is 25.4 Å². The van der Waals surface area contributed by atoms with Gasteiger partial charge in [0.2, 0.25) is 0 Å². The molecule has 18 heavy (non-hydrogen) atoms. The van der Waals surface area contributed by atoms with E-state index in [4.69, 9.17) is 13.9 Å². The third-order valence-corrected chi connectivity index (χ3v) is 3.61. The largest absolute Gasteiger partial charge is 0.468 e. The van der Waals surface area contributed by atoms with E-state index in [1.165, 1.54) is 18.4 Å². The summed E-state index contributed by atoms with van der Waals surface area (Å²) in [7, 11) is 0. The highest BCUT2D eigenvalue weighted by molar-refractivity contribution is 5.16. The van der Waals surface area contributed by atoms with Crippen molar-refractivity contribution in [3.63, 3.8) is 0 Å². The molecule has 2 aliphatic rings. The molecule has 1 aliphatic heterocycles. The second-order valence-electron chi connectivity index (χ2n) is 5.15. The Kier molecular flexibility index (Phi) is 3.98. The van der Waals surface area contributed by atoms with Crippen LogP contribution < -0.4 is 5.32 Å². The van der Waals surface area contributed by atoms with Gasteiger partial charge in [-0.3, -0.25) is 0 Å². The molecule has 0 unspecified atom stereocenters. The van der Waals surface area contributed by atoms with Crippen LogP contribution in [-0.2, 0) is 22.6 Å². The molecular formula is C14H21NO3. The van der Waals surface area contributed by atoms with Gasteiger partial charge in [0.1, 0.15) is 5.76 Å². The summed E-state index contributed by atoms with van der Waals surface area (Å²) >= 11 is 0. The van der Waals surface area contributed by atoms with E-state index in [1.807, 2.05) is 6.07 Å². The summed E-state index contributed by atoms with van der Waals surface area (Å²) < 4.78 is 16.8. The van der Waals surface area contributed by atoms with Gasteiger partial charge in [0.25, 0.3) is 0 Å². The van der Waals surface area contributed by atoms with Crippen molar-refractivity contribution < 1.29 is 13.9 Å². The molecule has 0 amide bonds. The molecule has 1 saturated heterocycles. The highest BCUT2D eigenvalue weighted by Crippen LogP contribution is 2.21. The van der Waals surface area contributed by atoms with E-state index >= 15 is 0 Å². The minimum atomic E-state index is 0.345. The van der Waals surface area contributed by atoms with Crippen LogP contribution in [0.15, 0.2) is 16.7 Å². The number of furan rings is 1. The second-order valence-corrected chi connectivity index (χ2v) is 5.15. The third kappa shape index (κ3) is 3.34. The Morgan fingerprint density at radius 2 is 2.06 bits per heavy atom. The van der Waals surface area contributed by atoms with Gasteiger partial charge >= 0.3 is 0 Å². The van der Waals surface area contributed by atoms with Crippen molar-refractivity contribution in [3.05, 3.63) is 23.7 Å². The predicted octanol–water partition coefficient (Wildman–Crippen LogP) is 2.23. The molecule has 3 rings (SSSR count). The molecule has 0 aromatic carbocycles. The van der Waals surface area contributed by atoms with E-state index in [1.54, 1.807) is 6.26 Å². The molecule has 2 heterocycles. The maximum absolute atomic E-state index is 5.92. The summed E-state index contributed by atoms with van der Waals surface area (Å²) in [5.74, 6) is 1.02. The number of hydrogen-bond acceptors (Lipinski definition) is 4. The summed E-state index contributed by atoms with van der Waals surface area (Å²) in [5, 5.41) is 3.47. The Hall–Kier alpha value is -0.840. The molecule has 1 aromatic rings. The Balaban J connectivity index is 1.46. The third-order valence-electron chi connectivity index (χ3n) is 3.61. The van der Waals surface area contributed by atoms with Crippen LogP contribution in [0.2, 0.25) is 0 Å².